The Bertz CT molecular complexity index is 940. The predicted octanol–water partition coefficient (Wildman–Crippen LogP) is 5.76. The highest BCUT2D eigenvalue weighted by molar-refractivity contribution is 8.00. The lowest BCUT2D eigenvalue weighted by Crippen LogP contribution is -2.31. The van der Waals surface area contributed by atoms with Crippen LogP contribution in [0.2, 0.25) is 5.02 Å². The van der Waals surface area contributed by atoms with E-state index in [-0.39, 0.29) is 23.4 Å². The molecule has 0 radical (unpaired) electrons. The SMILES string of the molecule is COc1ccc(OC(C)CCN(O)C(C)C)c(C2Sc3cc(Cl)ccc3N2C(C)=O)c1. The number of anilines is 1. The molecule has 0 spiro atoms. The standard InChI is InChI=1S/C23H29ClN2O4S/c1-14(2)25(28)11-10-15(3)30-21-9-7-18(29-5)13-19(21)23-26(16(4)27)20-8-6-17(24)12-22(20)31-23/h6-9,12-15,23,28H,10-11H2,1-5H3. The second-order valence-corrected chi connectivity index (χ2v) is 9.41. The molecule has 0 saturated carbocycles. The van der Waals surface area contributed by atoms with Gasteiger partial charge in [0.2, 0.25) is 5.91 Å². The summed E-state index contributed by atoms with van der Waals surface area (Å²) in [5, 5.41) is 11.6. The molecule has 1 aliphatic heterocycles. The van der Waals surface area contributed by atoms with Crippen LogP contribution in [-0.2, 0) is 4.79 Å². The second kappa shape index (κ2) is 10.1. The fraction of sp³-hybridized carbons (Fsp3) is 0.435. The molecule has 0 bridgehead atoms. The van der Waals surface area contributed by atoms with Crippen molar-refractivity contribution in [3.8, 4) is 11.5 Å². The van der Waals surface area contributed by atoms with Gasteiger partial charge in [-0.15, -0.1) is 0 Å². The summed E-state index contributed by atoms with van der Waals surface area (Å²) in [5.74, 6) is 1.31. The zero-order chi connectivity index (χ0) is 22.7. The van der Waals surface area contributed by atoms with Gasteiger partial charge >= 0.3 is 0 Å². The first-order valence-electron chi connectivity index (χ1n) is 10.3. The van der Waals surface area contributed by atoms with Crippen molar-refractivity contribution < 1.29 is 19.5 Å². The minimum Gasteiger partial charge on any atom is -0.497 e. The van der Waals surface area contributed by atoms with Crippen molar-refractivity contribution in [3.05, 3.63) is 47.0 Å². The third-order valence-corrected chi connectivity index (χ3v) is 6.67. The Morgan fingerprint density at radius 3 is 2.65 bits per heavy atom. The Morgan fingerprint density at radius 2 is 2.00 bits per heavy atom. The van der Waals surface area contributed by atoms with E-state index in [0.29, 0.717) is 29.5 Å². The number of ether oxygens (including phenoxy) is 2. The van der Waals surface area contributed by atoms with Crippen molar-refractivity contribution in [2.45, 2.75) is 56.5 Å². The van der Waals surface area contributed by atoms with Gasteiger partial charge in [0, 0.05) is 35.0 Å². The van der Waals surface area contributed by atoms with E-state index in [4.69, 9.17) is 21.1 Å². The monoisotopic (exact) mass is 464 g/mol. The van der Waals surface area contributed by atoms with E-state index in [1.165, 1.54) is 5.06 Å². The zero-order valence-corrected chi connectivity index (χ0v) is 20.0. The Morgan fingerprint density at radius 1 is 1.26 bits per heavy atom. The van der Waals surface area contributed by atoms with Crippen LogP contribution in [0.4, 0.5) is 5.69 Å². The van der Waals surface area contributed by atoms with Crippen molar-refractivity contribution in [3.63, 3.8) is 0 Å². The molecular formula is C23H29ClN2O4S. The summed E-state index contributed by atoms with van der Waals surface area (Å²) in [7, 11) is 1.61. The Labute approximate surface area is 193 Å². The number of benzene rings is 2. The van der Waals surface area contributed by atoms with Crippen LogP contribution in [0.3, 0.4) is 0 Å². The maximum Gasteiger partial charge on any atom is 0.225 e. The van der Waals surface area contributed by atoms with E-state index in [0.717, 1.165) is 16.1 Å². The molecule has 6 nitrogen and oxygen atoms in total. The number of hydroxylamine groups is 2. The fourth-order valence-corrected chi connectivity index (χ4v) is 5.06. The van der Waals surface area contributed by atoms with Crippen LogP contribution >= 0.6 is 23.4 Å². The highest BCUT2D eigenvalue weighted by atomic mass is 35.5. The summed E-state index contributed by atoms with van der Waals surface area (Å²) in [6.45, 7) is 7.91. The minimum absolute atomic E-state index is 0.0492. The molecule has 2 aromatic carbocycles. The van der Waals surface area contributed by atoms with Crippen molar-refractivity contribution >= 4 is 35.0 Å². The highest BCUT2D eigenvalue weighted by Gasteiger charge is 2.36. The number of halogens is 1. The molecule has 0 saturated heterocycles. The number of thioether (sulfide) groups is 1. The van der Waals surface area contributed by atoms with E-state index in [1.54, 1.807) is 36.8 Å². The van der Waals surface area contributed by atoms with Gasteiger partial charge in [0.1, 0.15) is 16.9 Å². The number of hydrogen-bond donors (Lipinski definition) is 1. The van der Waals surface area contributed by atoms with Crippen LogP contribution in [-0.4, -0.2) is 42.0 Å². The van der Waals surface area contributed by atoms with Gasteiger partial charge in [0.05, 0.1) is 18.9 Å². The van der Waals surface area contributed by atoms with Crippen LogP contribution < -0.4 is 14.4 Å². The van der Waals surface area contributed by atoms with E-state index in [1.807, 2.05) is 51.1 Å². The smallest absolute Gasteiger partial charge is 0.225 e. The molecule has 1 aliphatic rings. The topological polar surface area (TPSA) is 62.2 Å². The van der Waals surface area contributed by atoms with Crippen LogP contribution in [0.5, 0.6) is 11.5 Å². The van der Waals surface area contributed by atoms with Gasteiger partial charge in [0.15, 0.2) is 0 Å². The van der Waals surface area contributed by atoms with Gasteiger partial charge in [0.25, 0.3) is 0 Å². The molecule has 2 unspecified atom stereocenters. The molecule has 8 heteroatoms. The summed E-state index contributed by atoms with van der Waals surface area (Å²) >= 11 is 7.75. The summed E-state index contributed by atoms with van der Waals surface area (Å²) in [4.78, 5) is 15.3. The molecule has 1 heterocycles. The van der Waals surface area contributed by atoms with Gasteiger partial charge in [-0.25, -0.2) is 0 Å². The van der Waals surface area contributed by atoms with Gasteiger partial charge in [-0.2, -0.15) is 5.06 Å². The molecule has 0 fully saturated rings. The molecule has 1 N–H and O–H groups in total. The average molecular weight is 465 g/mol. The molecule has 0 aliphatic carbocycles. The molecule has 1 amide bonds. The lowest BCUT2D eigenvalue weighted by atomic mass is 10.1. The molecule has 2 atom stereocenters. The van der Waals surface area contributed by atoms with Crippen LogP contribution in [0.25, 0.3) is 0 Å². The lowest BCUT2D eigenvalue weighted by Gasteiger charge is -2.27. The molecule has 168 valence electrons. The fourth-order valence-electron chi connectivity index (χ4n) is 3.42. The summed E-state index contributed by atoms with van der Waals surface area (Å²) in [5.41, 5.74) is 1.69. The largest absolute Gasteiger partial charge is 0.497 e. The van der Waals surface area contributed by atoms with E-state index < -0.39 is 0 Å². The molecule has 3 rings (SSSR count). The Kier molecular flexibility index (Phi) is 7.75. The van der Waals surface area contributed by atoms with E-state index in [2.05, 4.69) is 0 Å². The number of amides is 1. The van der Waals surface area contributed by atoms with Gasteiger partial charge < -0.3 is 14.7 Å². The first-order valence-corrected chi connectivity index (χ1v) is 11.5. The predicted molar refractivity (Wildman–Crippen MR) is 125 cm³/mol. The maximum atomic E-state index is 12.6. The second-order valence-electron chi connectivity index (χ2n) is 7.85. The van der Waals surface area contributed by atoms with Gasteiger partial charge in [-0.05, 0) is 63.6 Å². The first kappa shape index (κ1) is 23.7. The third kappa shape index (κ3) is 5.47. The van der Waals surface area contributed by atoms with Crippen molar-refractivity contribution in [1.82, 2.24) is 5.06 Å². The quantitative estimate of drug-likeness (QED) is 0.501. The maximum absolute atomic E-state index is 12.6. The third-order valence-electron chi connectivity index (χ3n) is 5.17. The van der Waals surface area contributed by atoms with Crippen LogP contribution in [0.1, 0.15) is 45.1 Å². The van der Waals surface area contributed by atoms with Crippen molar-refractivity contribution in [1.29, 1.82) is 0 Å². The van der Waals surface area contributed by atoms with Crippen molar-refractivity contribution in [2.75, 3.05) is 18.6 Å². The van der Waals surface area contributed by atoms with Gasteiger partial charge in [-0.3, -0.25) is 9.69 Å². The Balaban J connectivity index is 1.90. The number of hydrogen-bond acceptors (Lipinski definition) is 6. The number of fused-ring (bicyclic) bond motifs is 1. The molecule has 0 aromatic heterocycles. The molecule has 2 aromatic rings. The number of methoxy groups -OCH3 is 1. The lowest BCUT2D eigenvalue weighted by molar-refractivity contribution is -0.120. The number of carbonyl (C=O) groups excluding carboxylic acids is 1. The summed E-state index contributed by atoms with van der Waals surface area (Å²) < 4.78 is 11.7. The molecular weight excluding hydrogens is 436 g/mol. The first-order chi connectivity index (χ1) is 14.7. The summed E-state index contributed by atoms with van der Waals surface area (Å²) in [6.07, 6.45) is 0.527. The highest BCUT2D eigenvalue weighted by Crippen LogP contribution is 2.54. The number of nitrogens with zero attached hydrogens (tertiary/aromatic N) is 2. The zero-order valence-electron chi connectivity index (χ0n) is 18.5. The minimum atomic E-state index is -0.298. The normalized spacial score (nSPS) is 16.5. The van der Waals surface area contributed by atoms with E-state index >= 15 is 0 Å². The summed E-state index contributed by atoms with van der Waals surface area (Å²) in [6, 6.07) is 11.2. The van der Waals surface area contributed by atoms with E-state index in [9.17, 15) is 10.0 Å². The number of rotatable bonds is 8. The van der Waals surface area contributed by atoms with Crippen LogP contribution in [0.15, 0.2) is 41.3 Å². The van der Waals surface area contributed by atoms with Gasteiger partial charge in [-0.1, -0.05) is 23.4 Å². The van der Waals surface area contributed by atoms with Crippen molar-refractivity contribution in [2.24, 2.45) is 0 Å². The van der Waals surface area contributed by atoms with Crippen LogP contribution in [0, 0.1) is 0 Å². The molecule has 31 heavy (non-hydrogen) atoms. The number of carbonyl (C=O) groups is 1. The Hall–Kier alpha value is -1.93. The average Bonchev–Trinajstić information content (AvgIpc) is 3.10.